The highest BCUT2D eigenvalue weighted by Crippen LogP contribution is 2.20. The van der Waals surface area contributed by atoms with Gasteiger partial charge in [0.1, 0.15) is 5.75 Å². The molecule has 0 atom stereocenters. The summed E-state index contributed by atoms with van der Waals surface area (Å²) in [7, 11) is 1.52. The van der Waals surface area contributed by atoms with Crippen LogP contribution < -0.4 is 4.74 Å². The van der Waals surface area contributed by atoms with E-state index in [0.29, 0.717) is 23.5 Å². The van der Waals surface area contributed by atoms with Crippen LogP contribution in [0.5, 0.6) is 5.75 Å². The first kappa shape index (κ1) is 13.5. The maximum atomic E-state index is 10.7. The Morgan fingerprint density at radius 3 is 2.88 bits per heavy atom. The number of carbonyl (C=O) groups is 1. The van der Waals surface area contributed by atoms with Crippen LogP contribution in [0.25, 0.3) is 0 Å². The third-order valence-electron chi connectivity index (χ3n) is 2.09. The largest absolute Gasteiger partial charge is 0.496 e. The van der Waals surface area contributed by atoms with Crippen LogP contribution in [0.4, 0.5) is 0 Å². The molecule has 0 heterocycles. The molecule has 0 spiro atoms. The fourth-order valence-corrected chi connectivity index (χ4v) is 1.49. The summed E-state index contributed by atoms with van der Waals surface area (Å²) >= 11 is 4.06. The second kappa shape index (κ2) is 6.87. The Morgan fingerprint density at radius 2 is 2.29 bits per heavy atom. The van der Waals surface area contributed by atoms with Crippen molar-refractivity contribution in [2.24, 2.45) is 0 Å². The monoisotopic (exact) mass is 250 g/mol. The number of hydrogen-bond donors (Lipinski definition) is 2. The molecule has 0 aliphatic heterocycles. The molecular formula is C13H14O3S. The molecule has 0 amide bonds. The number of carboxylic acids is 1. The molecule has 17 heavy (non-hydrogen) atoms. The van der Waals surface area contributed by atoms with Crippen molar-refractivity contribution in [3.63, 3.8) is 0 Å². The zero-order valence-electron chi connectivity index (χ0n) is 9.56. The van der Waals surface area contributed by atoms with E-state index in [4.69, 9.17) is 9.84 Å². The van der Waals surface area contributed by atoms with E-state index >= 15 is 0 Å². The van der Waals surface area contributed by atoms with Crippen molar-refractivity contribution in [1.29, 1.82) is 0 Å². The quantitative estimate of drug-likeness (QED) is 0.634. The molecule has 0 aliphatic carbocycles. The highest BCUT2D eigenvalue weighted by molar-refractivity contribution is 7.80. The van der Waals surface area contributed by atoms with Gasteiger partial charge in [0.25, 0.3) is 0 Å². The number of thiol groups is 1. The van der Waals surface area contributed by atoms with Gasteiger partial charge in [-0.25, -0.2) is 0 Å². The van der Waals surface area contributed by atoms with Crippen LogP contribution in [-0.4, -0.2) is 23.9 Å². The summed E-state index contributed by atoms with van der Waals surface area (Å²) in [6, 6.07) is 5.30. The Labute approximate surface area is 106 Å². The Hall–Kier alpha value is -1.60. The summed E-state index contributed by atoms with van der Waals surface area (Å²) in [5, 5.41) is 8.79. The third kappa shape index (κ3) is 4.41. The number of rotatable bonds is 4. The molecule has 0 bridgehead atoms. The van der Waals surface area contributed by atoms with Gasteiger partial charge in [0.2, 0.25) is 0 Å². The molecule has 0 aliphatic rings. The Kier molecular flexibility index (Phi) is 5.44. The standard InChI is InChI=1S/C13H14O3S/c1-16-12-6-5-10(4-2-3-7-17)8-11(12)9-13(14)15/h5-6,8,17H,3,7,9H2,1H3,(H,14,15). The van der Waals surface area contributed by atoms with Gasteiger partial charge in [0, 0.05) is 23.3 Å². The van der Waals surface area contributed by atoms with E-state index in [1.165, 1.54) is 7.11 Å². The highest BCUT2D eigenvalue weighted by Gasteiger charge is 2.07. The zero-order chi connectivity index (χ0) is 12.7. The van der Waals surface area contributed by atoms with E-state index in [2.05, 4.69) is 24.5 Å². The Balaban J connectivity index is 2.97. The SMILES string of the molecule is COc1ccc(C#CCCS)cc1CC(=O)O. The topological polar surface area (TPSA) is 46.5 Å². The lowest BCUT2D eigenvalue weighted by molar-refractivity contribution is -0.136. The van der Waals surface area contributed by atoms with Crippen LogP contribution in [-0.2, 0) is 11.2 Å². The zero-order valence-corrected chi connectivity index (χ0v) is 10.5. The third-order valence-corrected chi connectivity index (χ3v) is 2.32. The van der Waals surface area contributed by atoms with Gasteiger partial charge in [0.15, 0.2) is 0 Å². The smallest absolute Gasteiger partial charge is 0.307 e. The molecule has 0 saturated carbocycles. The van der Waals surface area contributed by atoms with E-state index in [-0.39, 0.29) is 6.42 Å². The lowest BCUT2D eigenvalue weighted by Crippen LogP contribution is -2.02. The van der Waals surface area contributed by atoms with Crippen molar-refractivity contribution in [2.45, 2.75) is 12.8 Å². The number of aliphatic carboxylic acids is 1. The number of carboxylic acid groups (broad SMARTS) is 1. The predicted molar refractivity (Wildman–Crippen MR) is 69.7 cm³/mol. The first-order chi connectivity index (χ1) is 8.17. The number of methoxy groups -OCH3 is 1. The van der Waals surface area contributed by atoms with Gasteiger partial charge in [-0.2, -0.15) is 12.6 Å². The van der Waals surface area contributed by atoms with Crippen molar-refractivity contribution >= 4 is 18.6 Å². The molecule has 1 N–H and O–H groups in total. The van der Waals surface area contributed by atoms with Crippen LogP contribution in [0.1, 0.15) is 17.5 Å². The van der Waals surface area contributed by atoms with Crippen molar-refractivity contribution in [1.82, 2.24) is 0 Å². The Bertz CT molecular complexity index is 457. The summed E-state index contributed by atoms with van der Waals surface area (Å²) in [6.45, 7) is 0. The molecule has 1 rings (SSSR count). The average Bonchev–Trinajstić information content (AvgIpc) is 2.29. The van der Waals surface area contributed by atoms with E-state index in [0.717, 1.165) is 5.56 Å². The molecule has 1 aromatic carbocycles. The van der Waals surface area contributed by atoms with E-state index in [9.17, 15) is 4.79 Å². The van der Waals surface area contributed by atoms with Crippen molar-refractivity contribution in [3.05, 3.63) is 29.3 Å². The molecule has 3 nitrogen and oxygen atoms in total. The minimum Gasteiger partial charge on any atom is -0.496 e. The van der Waals surface area contributed by atoms with Gasteiger partial charge in [-0.05, 0) is 18.2 Å². The molecule has 90 valence electrons. The highest BCUT2D eigenvalue weighted by atomic mass is 32.1. The average molecular weight is 250 g/mol. The van der Waals surface area contributed by atoms with Gasteiger partial charge in [0.05, 0.1) is 13.5 Å². The minimum atomic E-state index is -0.885. The lowest BCUT2D eigenvalue weighted by atomic mass is 10.1. The first-order valence-electron chi connectivity index (χ1n) is 5.16. The summed E-state index contributed by atoms with van der Waals surface area (Å²) in [5.74, 6) is 6.32. The molecule has 0 unspecified atom stereocenters. The van der Waals surface area contributed by atoms with E-state index in [1.807, 2.05) is 6.07 Å². The fourth-order valence-electron chi connectivity index (χ4n) is 1.38. The normalized spacial score (nSPS) is 9.29. The van der Waals surface area contributed by atoms with Gasteiger partial charge in [-0.15, -0.1) is 0 Å². The van der Waals surface area contributed by atoms with Crippen LogP contribution in [0, 0.1) is 11.8 Å². The van der Waals surface area contributed by atoms with Crippen LogP contribution >= 0.6 is 12.6 Å². The van der Waals surface area contributed by atoms with E-state index < -0.39 is 5.97 Å². The molecular weight excluding hydrogens is 236 g/mol. The second-order valence-corrected chi connectivity index (χ2v) is 3.82. The molecule has 1 aromatic rings. The maximum absolute atomic E-state index is 10.7. The number of hydrogen-bond acceptors (Lipinski definition) is 3. The summed E-state index contributed by atoms with van der Waals surface area (Å²) in [5.41, 5.74) is 1.43. The summed E-state index contributed by atoms with van der Waals surface area (Å²) in [4.78, 5) is 10.7. The Morgan fingerprint density at radius 1 is 1.53 bits per heavy atom. The fraction of sp³-hybridized carbons (Fsp3) is 0.308. The summed E-state index contributed by atoms with van der Waals surface area (Å²) < 4.78 is 5.10. The second-order valence-electron chi connectivity index (χ2n) is 3.37. The van der Waals surface area contributed by atoms with Gasteiger partial charge >= 0.3 is 5.97 Å². The molecule has 0 aromatic heterocycles. The van der Waals surface area contributed by atoms with Crippen molar-refractivity contribution in [3.8, 4) is 17.6 Å². The number of ether oxygens (including phenoxy) is 1. The summed E-state index contributed by atoms with van der Waals surface area (Å²) in [6.07, 6.45) is 0.647. The van der Waals surface area contributed by atoms with Crippen LogP contribution in [0.2, 0.25) is 0 Å². The van der Waals surface area contributed by atoms with Crippen molar-refractivity contribution < 1.29 is 14.6 Å². The maximum Gasteiger partial charge on any atom is 0.307 e. The van der Waals surface area contributed by atoms with Crippen LogP contribution in [0.3, 0.4) is 0 Å². The molecule has 0 radical (unpaired) electrons. The minimum absolute atomic E-state index is 0.0642. The lowest BCUT2D eigenvalue weighted by Gasteiger charge is -2.06. The van der Waals surface area contributed by atoms with Crippen molar-refractivity contribution in [2.75, 3.05) is 12.9 Å². The van der Waals surface area contributed by atoms with Crippen LogP contribution in [0.15, 0.2) is 18.2 Å². The molecule has 0 saturated heterocycles. The van der Waals surface area contributed by atoms with Gasteiger partial charge < -0.3 is 9.84 Å². The molecule has 0 fully saturated rings. The first-order valence-corrected chi connectivity index (χ1v) is 5.79. The number of benzene rings is 1. The van der Waals surface area contributed by atoms with Gasteiger partial charge in [-0.3, -0.25) is 4.79 Å². The van der Waals surface area contributed by atoms with Gasteiger partial charge in [-0.1, -0.05) is 11.8 Å². The molecule has 4 heteroatoms. The van der Waals surface area contributed by atoms with E-state index in [1.54, 1.807) is 12.1 Å². The predicted octanol–water partition coefficient (Wildman–Crippen LogP) is 1.99.